The summed E-state index contributed by atoms with van der Waals surface area (Å²) in [5.41, 5.74) is 1.65. The van der Waals surface area contributed by atoms with E-state index >= 15 is 0 Å². The monoisotopic (exact) mass is 825 g/mol. The Morgan fingerprint density at radius 1 is 0.898 bits per heavy atom. The lowest BCUT2D eigenvalue weighted by molar-refractivity contribution is -0.155. The summed E-state index contributed by atoms with van der Waals surface area (Å²) in [6.45, 7) is 16.7. The number of allylic oxidation sites excluding steroid dienone is 1. The molecule has 1 aromatic rings. The zero-order valence-electron chi connectivity index (χ0n) is 37.0. The van der Waals surface area contributed by atoms with Crippen LogP contribution >= 0.6 is 0 Å². The Kier molecular flexibility index (Phi) is 20.0. The van der Waals surface area contributed by atoms with Crippen LogP contribution in [0.3, 0.4) is 0 Å². The number of rotatable bonds is 7. The summed E-state index contributed by atoms with van der Waals surface area (Å²) in [7, 11) is 2.87. The smallest absolute Gasteiger partial charge is 0.328 e. The molecule has 0 radical (unpaired) electrons. The van der Waals surface area contributed by atoms with Gasteiger partial charge in [0.1, 0.15) is 36.3 Å². The Labute approximate surface area is 350 Å². The number of carbonyl (C=O) groups is 7. The number of aliphatic hydroxyl groups is 1. The normalized spacial score (nSPS) is 28.8. The molecular formula is C44H68N6O9. The molecule has 2 unspecified atom stereocenters. The molecule has 59 heavy (non-hydrogen) atoms. The van der Waals surface area contributed by atoms with Crippen molar-refractivity contribution in [1.82, 2.24) is 31.1 Å². The highest BCUT2D eigenvalue weighted by atomic mass is 16.5. The van der Waals surface area contributed by atoms with Gasteiger partial charge in [-0.2, -0.15) is 0 Å². The third kappa shape index (κ3) is 14.9. The highest BCUT2D eigenvalue weighted by molar-refractivity contribution is 5.98. The van der Waals surface area contributed by atoms with Gasteiger partial charge in [-0.15, -0.1) is 0 Å². The van der Waals surface area contributed by atoms with Gasteiger partial charge >= 0.3 is 5.97 Å². The molecule has 1 aromatic carbocycles. The molecule has 0 fully saturated rings. The summed E-state index contributed by atoms with van der Waals surface area (Å²) in [6, 6.07) is 3.63. The van der Waals surface area contributed by atoms with Crippen molar-refractivity contribution < 1.29 is 43.4 Å². The van der Waals surface area contributed by atoms with Crippen LogP contribution in [0, 0.1) is 17.8 Å². The van der Waals surface area contributed by atoms with Gasteiger partial charge in [-0.25, -0.2) is 4.79 Å². The summed E-state index contributed by atoms with van der Waals surface area (Å²) in [5.74, 6) is -5.32. The third-order valence-electron chi connectivity index (χ3n) is 11.0. The Hall–Kier alpha value is -5.05. The SMILES string of the molecule is C/C=C(\C)[C@H]1OC(=O)[C@@H](C)NC(=O)C(C(C)CC)NC(=O)CN(C)C(=O)[C@@H](Cc2ccccc2)N(C)C(=O)[C@H](C)NC(=O)[C@@H](CC(C)C)NC(=O)/C(C)=C/C[C@H](O)[C@@H]1C. The van der Waals surface area contributed by atoms with Crippen LogP contribution in [-0.2, 0) is 44.7 Å². The molecule has 6 amide bonds. The van der Waals surface area contributed by atoms with Crippen LogP contribution in [0.2, 0.25) is 0 Å². The molecular weight excluding hydrogens is 757 g/mol. The van der Waals surface area contributed by atoms with Crippen LogP contribution in [0.25, 0.3) is 0 Å². The minimum atomic E-state index is -1.14. The molecule has 0 bridgehead atoms. The van der Waals surface area contributed by atoms with Gasteiger partial charge in [-0.1, -0.05) is 83.5 Å². The van der Waals surface area contributed by atoms with Gasteiger partial charge in [-0.05, 0) is 70.4 Å². The maximum Gasteiger partial charge on any atom is 0.328 e. The molecule has 0 saturated heterocycles. The number of nitrogens with zero attached hydrogens (tertiary/aromatic N) is 2. The van der Waals surface area contributed by atoms with Crippen molar-refractivity contribution in [1.29, 1.82) is 0 Å². The van der Waals surface area contributed by atoms with E-state index in [0.717, 1.165) is 5.56 Å². The first kappa shape index (κ1) is 50.1. The van der Waals surface area contributed by atoms with Gasteiger partial charge in [0.15, 0.2) is 0 Å². The molecule has 328 valence electrons. The number of esters is 1. The number of cyclic esters (lactones) is 1. The molecule has 5 N–H and O–H groups in total. The van der Waals surface area contributed by atoms with Crippen molar-refractivity contribution in [2.75, 3.05) is 20.6 Å². The van der Waals surface area contributed by atoms with E-state index in [-0.39, 0.29) is 36.7 Å². The summed E-state index contributed by atoms with van der Waals surface area (Å²) in [4.78, 5) is 98.2. The van der Waals surface area contributed by atoms with Crippen molar-refractivity contribution in [2.24, 2.45) is 17.8 Å². The number of hydrogen-bond donors (Lipinski definition) is 5. The minimum Gasteiger partial charge on any atom is -0.456 e. The standard InChI is InChI=1S/C44H68N6O9/c1-13-26(5)37-41(55)46-31(10)44(58)59-38(27(6)14-2)29(8)35(51)21-20-28(7)39(53)47-33(22-25(3)4)40(54)45-30(9)42(56)50(12)34(23-32-18-16-15-17-19-32)43(57)49(11)24-36(52)48-37/h14-20,25-26,29-31,33-35,37-38,51H,13,21-24H2,1-12H3,(H,45,54)(H,46,55)(H,47,53)(H,48,52)/b27-14+,28-20+/t26?,29-,30-,31+,33+,34+,35-,37?,38+/m0/s1. The van der Waals surface area contributed by atoms with Crippen LogP contribution in [-0.4, -0.2) is 119 Å². The summed E-state index contributed by atoms with van der Waals surface area (Å²) in [6.07, 6.45) is 2.23. The van der Waals surface area contributed by atoms with Gasteiger partial charge < -0.3 is 40.9 Å². The second-order valence-electron chi connectivity index (χ2n) is 16.3. The number of likely N-dealkylation sites (N-methyl/N-ethyl adjacent to an activating group) is 2. The highest BCUT2D eigenvalue weighted by Crippen LogP contribution is 2.23. The fourth-order valence-corrected chi connectivity index (χ4v) is 6.68. The Bertz CT molecular complexity index is 1700. The first-order valence-electron chi connectivity index (χ1n) is 20.6. The highest BCUT2D eigenvalue weighted by Gasteiger charge is 2.36. The van der Waals surface area contributed by atoms with Crippen molar-refractivity contribution in [3.63, 3.8) is 0 Å². The largest absolute Gasteiger partial charge is 0.456 e. The quantitative estimate of drug-likeness (QED) is 0.203. The zero-order chi connectivity index (χ0) is 44.7. The van der Waals surface area contributed by atoms with E-state index in [0.29, 0.717) is 12.0 Å². The first-order chi connectivity index (χ1) is 27.6. The fraction of sp³-hybridized carbons (Fsp3) is 0.614. The van der Waals surface area contributed by atoms with Gasteiger partial charge in [0.2, 0.25) is 35.4 Å². The molecule has 1 aliphatic heterocycles. The van der Waals surface area contributed by atoms with Gasteiger partial charge in [0.05, 0.1) is 12.6 Å². The van der Waals surface area contributed by atoms with Gasteiger partial charge in [0.25, 0.3) is 0 Å². The molecule has 0 saturated carbocycles. The van der Waals surface area contributed by atoms with Crippen LogP contribution in [0.1, 0.15) is 94.1 Å². The van der Waals surface area contributed by atoms with E-state index in [4.69, 9.17) is 4.74 Å². The molecule has 2 rings (SSSR count). The molecule has 9 atom stereocenters. The van der Waals surface area contributed by atoms with Crippen LogP contribution in [0.5, 0.6) is 0 Å². The fourth-order valence-electron chi connectivity index (χ4n) is 6.68. The van der Waals surface area contributed by atoms with E-state index in [1.165, 1.54) is 37.7 Å². The Balaban J connectivity index is 2.62. The minimum absolute atomic E-state index is 0.0151. The number of aliphatic hydroxyl groups excluding tert-OH is 1. The maximum absolute atomic E-state index is 14.1. The lowest BCUT2D eigenvalue weighted by Gasteiger charge is -2.33. The number of benzene rings is 1. The van der Waals surface area contributed by atoms with Gasteiger partial charge in [0, 0.05) is 32.0 Å². The molecule has 0 aliphatic carbocycles. The lowest BCUT2D eigenvalue weighted by atomic mass is 9.90. The number of hydrogen-bond acceptors (Lipinski definition) is 9. The van der Waals surface area contributed by atoms with Crippen molar-refractivity contribution in [2.45, 2.75) is 137 Å². The van der Waals surface area contributed by atoms with E-state index < -0.39 is 96.3 Å². The summed E-state index contributed by atoms with van der Waals surface area (Å²) < 4.78 is 5.88. The maximum atomic E-state index is 14.1. The van der Waals surface area contributed by atoms with Crippen LogP contribution in [0.15, 0.2) is 53.6 Å². The Morgan fingerprint density at radius 2 is 1.51 bits per heavy atom. The van der Waals surface area contributed by atoms with Gasteiger partial charge in [-0.3, -0.25) is 28.8 Å². The van der Waals surface area contributed by atoms with E-state index in [9.17, 15) is 38.7 Å². The summed E-state index contributed by atoms with van der Waals surface area (Å²) >= 11 is 0. The number of nitrogens with one attached hydrogen (secondary N) is 4. The predicted molar refractivity (Wildman–Crippen MR) is 225 cm³/mol. The molecule has 15 nitrogen and oxygen atoms in total. The van der Waals surface area contributed by atoms with Crippen LogP contribution in [0.4, 0.5) is 0 Å². The average molecular weight is 825 g/mol. The van der Waals surface area contributed by atoms with E-state index in [2.05, 4.69) is 21.3 Å². The predicted octanol–water partition coefficient (Wildman–Crippen LogP) is 2.81. The molecule has 1 aliphatic rings. The second-order valence-corrected chi connectivity index (χ2v) is 16.3. The summed E-state index contributed by atoms with van der Waals surface area (Å²) in [5, 5.41) is 22.1. The average Bonchev–Trinajstić information content (AvgIpc) is 3.20. The molecule has 0 aromatic heterocycles. The van der Waals surface area contributed by atoms with Crippen LogP contribution < -0.4 is 21.3 Å². The van der Waals surface area contributed by atoms with E-state index in [1.54, 1.807) is 58.9 Å². The molecule has 0 spiro atoms. The Morgan fingerprint density at radius 3 is 2.08 bits per heavy atom. The zero-order valence-corrected chi connectivity index (χ0v) is 37.0. The van der Waals surface area contributed by atoms with E-state index in [1.807, 2.05) is 39.0 Å². The molecule has 15 heteroatoms. The number of ether oxygens (including phenoxy) is 1. The number of amides is 6. The van der Waals surface area contributed by atoms with Crippen molar-refractivity contribution >= 4 is 41.4 Å². The molecule has 1 heterocycles. The lowest BCUT2D eigenvalue weighted by Crippen LogP contribution is -2.58. The van der Waals surface area contributed by atoms with Crippen molar-refractivity contribution in [3.8, 4) is 0 Å². The second kappa shape index (κ2) is 23.5. The van der Waals surface area contributed by atoms with Crippen molar-refractivity contribution in [3.05, 3.63) is 59.2 Å². The third-order valence-corrected chi connectivity index (χ3v) is 11.0. The topological polar surface area (TPSA) is 204 Å². The first-order valence-corrected chi connectivity index (χ1v) is 20.6. The number of carbonyl (C=O) groups excluding carboxylic acids is 7.